The maximum atomic E-state index is 12.2. The van der Waals surface area contributed by atoms with Crippen LogP contribution in [0.2, 0.25) is 0 Å². The van der Waals surface area contributed by atoms with Crippen molar-refractivity contribution in [3.05, 3.63) is 17.5 Å². The molecule has 2 saturated carbocycles. The Balaban J connectivity index is 1.59. The zero-order valence-corrected chi connectivity index (χ0v) is 12.1. The Labute approximate surface area is 117 Å². The van der Waals surface area contributed by atoms with Gasteiger partial charge in [-0.05, 0) is 36.9 Å². The number of hydrogen-bond acceptors (Lipinski definition) is 4. The quantitative estimate of drug-likeness (QED) is 0.901. The minimum atomic E-state index is -0.0744. The largest absolute Gasteiger partial charge is 0.360 e. The molecule has 5 heteroatoms. The first-order valence-corrected chi connectivity index (χ1v) is 8.23. The summed E-state index contributed by atoms with van der Waals surface area (Å²) < 4.78 is 5.19. The van der Waals surface area contributed by atoms with Gasteiger partial charge in [-0.15, -0.1) is 0 Å². The van der Waals surface area contributed by atoms with Crippen molar-refractivity contribution in [2.75, 3.05) is 5.75 Å². The van der Waals surface area contributed by atoms with Crippen LogP contribution in [0.4, 0.5) is 0 Å². The molecular weight excluding hydrogens is 260 g/mol. The minimum absolute atomic E-state index is 0.0744. The van der Waals surface area contributed by atoms with E-state index in [4.69, 9.17) is 4.52 Å². The number of carbonyl (C=O) groups is 1. The summed E-state index contributed by atoms with van der Waals surface area (Å²) in [4.78, 5) is 12.2. The van der Waals surface area contributed by atoms with E-state index >= 15 is 0 Å². The third kappa shape index (κ3) is 2.66. The van der Waals surface area contributed by atoms with Crippen LogP contribution in [0.15, 0.2) is 10.6 Å². The van der Waals surface area contributed by atoms with Crippen LogP contribution in [0.5, 0.6) is 0 Å². The number of hydrogen-bond donors (Lipinski definition) is 1. The van der Waals surface area contributed by atoms with Gasteiger partial charge in [-0.2, -0.15) is 11.8 Å². The van der Waals surface area contributed by atoms with E-state index in [2.05, 4.69) is 17.4 Å². The summed E-state index contributed by atoms with van der Waals surface area (Å²) in [6, 6.07) is 2.12. The highest BCUT2D eigenvalue weighted by molar-refractivity contribution is 7.98. The van der Waals surface area contributed by atoms with Crippen LogP contribution in [0.3, 0.4) is 0 Å². The molecule has 0 bridgehead atoms. The van der Waals surface area contributed by atoms with Crippen LogP contribution in [-0.2, 0) is 5.75 Å². The smallest absolute Gasteiger partial charge is 0.273 e. The van der Waals surface area contributed by atoms with E-state index in [1.807, 2.05) is 0 Å². The molecule has 2 aliphatic rings. The van der Waals surface area contributed by atoms with E-state index in [0.29, 0.717) is 17.2 Å². The van der Waals surface area contributed by atoms with Crippen LogP contribution in [0.25, 0.3) is 0 Å². The average molecular weight is 280 g/mol. The summed E-state index contributed by atoms with van der Waals surface area (Å²) in [5, 5.41) is 7.03. The highest BCUT2D eigenvalue weighted by Gasteiger charge is 2.52. The molecule has 1 amide bonds. The molecule has 19 heavy (non-hydrogen) atoms. The lowest BCUT2D eigenvalue weighted by atomic mass is 10.0. The van der Waals surface area contributed by atoms with E-state index in [9.17, 15) is 4.79 Å². The third-order valence-corrected chi connectivity index (χ3v) is 5.24. The SMILES string of the molecule is CCSCc1cc(C(=O)NC2CCCC23CC3)no1. The van der Waals surface area contributed by atoms with Gasteiger partial charge in [0.15, 0.2) is 5.69 Å². The van der Waals surface area contributed by atoms with Crippen LogP contribution in [0.1, 0.15) is 55.3 Å². The number of nitrogens with one attached hydrogen (secondary N) is 1. The molecule has 104 valence electrons. The maximum Gasteiger partial charge on any atom is 0.273 e. The van der Waals surface area contributed by atoms with Crippen LogP contribution in [-0.4, -0.2) is 22.9 Å². The molecule has 1 atom stereocenters. The first-order valence-electron chi connectivity index (χ1n) is 7.08. The Hall–Kier alpha value is -0.970. The predicted molar refractivity (Wildman–Crippen MR) is 75.1 cm³/mol. The standard InChI is InChI=1S/C14H20N2O2S/c1-2-19-9-10-8-11(16-18-10)13(17)15-12-4-3-5-14(12)6-7-14/h8,12H,2-7,9H2,1H3,(H,15,17). The fourth-order valence-electron chi connectivity index (χ4n) is 3.05. The summed E-state index contributed by atoms with van der Waals surface area (Å²) in [7, 11) is 0. The van der Waals surface area contributed by atoms with E-state index in [-0.39, 0.29) is 5.91 Å². The molecule has 0 aliphatic heterocycles. The molecule has 2 fully saturated rings. The van der Waals surface area contributed by atoms with E-state index in [0.717, 1.165) is 23.7 Å². The van der Waals surface area contributed by atoms with Crippen molar-refractivity contribution in [2.45, 2.75) is 50.8 Å². The van der Waals surface area contributed by atoms with Gasteiger partial charge in [0.2, 0.25) is 0 Å². The molecule has 0 aromatic carbocycles. The second-order valence-corrected chi connectivity index (χ2v) is 6.87. The molecule has 1 spiro atoms. The molecule has 1 N–H and O–H groups in total. The van der Waals surface area contributed by atoms with Crippen molar-refractivity contribution < 1.29 is 9.32 Å². The third-order valence-electron chi connectivity index (χ3n) is 4.34. The van der Waals surface area contributed by atoms with E-state index < -0.39 is 0 Å². The monoisotopic (exact) mass is 280 g/mol. The topological polar surface area (TPSA) is 55.1 Å². The summed E-state index contributed by atoms with van der Waals surface area (Å²) in [5.41, 5.74) is 0.856. The second kappa shape index (κ2) is 5.19. The zero-order valence-electron chi connectivity index (χ0n) is 11.3. The first kappa shape index (κ1) is 13.0. The highest BCUT2D eigenvalue weighted by Crippen LogP contribution is 2.57. The Kier molecular flexibility index (Phi) is 3.56. The van der Waals surface area contributed by atoms with Crippen LogP contribution < -0.4 is 5.32 Å². The van der Waals surface area contributed by atoms with Crippen molar-refractivity contribution in [3.8, 4) is 0 Å². The molecule has 1 heterocycles. The Bertz CT molecular complexity index is 468. The lowest BCUT2D eigenvalue weighted by Gasteiger charge is -2.19. The summed E-state index contributed by atoms with van der Waals surface area (Å²) in [5.74, 6) is 2.52. The van der Waals surface area contributed by atoms with Gasteiger partial charge < -0.3 is 9.84 Å². The molecule has 1 unspecified atom stereocenters. The van der Waals surface area contributed by atoms with E-state index in [1.54, 1.807) is 17.8 Å². The van der Waals surface area contributed by atoms with Gasteiger partial charge in [0.05, 0.1) is 5.75 Å². The first-order chi connectivity index (χ1) is 9.23. The van der Waals surface area contributed by atoms with Gasteiger partial charge in [0.25, 0.3) is 5.91 Å². The van der Waals surface area contributed by atoms with Gasteiger partial charge in [-0.1, -0.05) is 18.5 Å². The highest BCUT2D eigenvalue weighted by atomic mass is 32.2. The summed E-state index contributed by atoms with van der Waals surface area (Å²) >= 11 is 1.76. The Morgan fingerprint density at radius 2 is 2.42 bits per heavy atom. The number of aromatic nitrogens is 1. The van der Waals surface area contributed by atoms with Crippen molar-refractivity contribution in [1.29, 1.82) is 0 Å². The van der Waals surface area contributed by atoms with Gasteiger partial charge in [-0.3, -0.25) is 4.79 Å². The Morgan fingerprint density at radius 1 is 1.58 bits per heavy atom. The van der Waals surface area contributed by atoms with Gasteiger partial charge in [-0.25, -0.2) is 0 Å². The van der Waals surface area contributed by atoms with E-state index in [1.165, 1.54) is 25.7 Å². The zero-order chi connectivity index (χ0) is 13.3. The Morgan fingerprint density at radius 3 is 3.16 bits per heavy atom. The van der Waals surface area contributed by atoms with Crippen molar-refractivity contribution in [3.63, 3.8) is 0 Å². The number of nitrogens with zero attached hydrogens (tertiary/aromatic N) is 1. The second-order valence-electron chi connectivity index (χ2n) is 5.60. The number of carbonyl (C=O) groups excluding carboxylic acids is 1. The normalized spacial score (nSPS) is 23.7. The fourth-order valence-corrected chi connectivity index (χ4v) is 3.59. The summed E-state index contributed by atoms with van der Waals surface area (Å²) in [6.07, 6.45) is 6.17. The average Bonchev–Trinajstić information content (AvgIpc) is 2.85. The van der Waals surface area contributed by atoms with Crippen molar-refractivity contribution in [2.24, 2.45) is 5.41 Å². The molecule has 1 aromatic rings. The molecule has 0 saturated heterocycles. The number of rotatable bonds is 5. The maximum absolute atomic E-state index is 12.2. The number of amides is 1. The number of thioether (sulfide) groups is 1. The summed E-state index contributed by atoms with van der Waals surface area (Å²) in [6.45, 7) is 2.10. The van der Waals surface area contributed by atoms with Gasteiger partial charge >= 0.3 is 0 Å². The molecule has 4 nitrogen and oxygen atoms in total. The molecule has 1 aromatic heterocycles. The predicted octanol–water partition coefficient (Wildman–Crippen LogP) is 2.99. The molecular formula is C14H20N2O2S. The fraction of sp³-hybridized carbons (Fsp3) is 0.714. The van der Waals surface area contributed by atoms with Gasteiger partial charge in [0, 0.05) is 12.1 Å². The lowest BCUT2D eigenvalue weighted by Crippen LogP contribution is -2.38. The molecule has 2 aliphatic carbocycles. The molecule has 3 rings (SSSR count). The minimum Gasteiger partial charge on any atom is -0.360 e. The van der Waals surface area contributed by atoms with Crippen molar-refractivity contribution in [1.82, 2.24) is 10.5 Å². The van der Waals surface area contributed by atoms with Crippen LogP contribution in [0, 0.1) is 5.41 Å². The lowest BCUT2D eigenvalue weighted by molar-refractivity contribution is 0.0915. The molecule has 0 radical (unpaired) electrons. The van der Waals surface area contributed by atoms with Gasteiger partial charge in [0.1, 0.15) is 5.76 Å². The van der Waals surface area contributed by atoms with Crippen LogP contribution >= 0.6 is 11.8 Å². The van der Waals surface area contributed by atoms with Crippen molar-refractivity contribution >= 4 is 17.7 Å².